The van der Waals surface area contributed by atoms with E-state index in [0.717, 1.165) is 0 Å². The van der Waals surface area contributed by atoms with Crippen LogP contribution in [0.2, 0.25) is 0 Å². The van der Waals surface area contributed by atoms with E-state index in [4.69, 9.17) is 6.42 Å². The average molecular weight is 235 g/mol. The molecule has 0 saturated heterocycles. The molecule has 0 spiro atoms. The zero-order valence-electron chi connectivity index (χ0n) is 9.63. The van der Waals surface area contributed by atoms with Gasteiger partial charge in [0.15, 0.2) is 5.41 Å². The number of para-hydroxylation sites is 1. The zero-order chi connectivity index (χ0) is 13.0. The van der Waals surface area contributed by atoms with E-state index >= 15 is 0 Å². The maximum absolute atomic E-state index is 11.4. The van der Waals surface area contributed by atoms with Crippen LogP contribution in [0.5, 0.6) is 5.75 Å². The summed E-state index contributed by atoms with van der Waals surface area (Å²) in [6.07, 6.45) is 7.42. The van der Waals surface area contributed by atoms with E-state index in [1.54, 1.807) is 42.5 Å². The van der Waals surface area contributed by atoms with Gasteiger partial charge >= 0.3 is 0 Å². The molecule has 0 aliphatic carbocycles. The van der Waals surface area contributed by atoms with E-state index in [0.29, 0.717) is 11.1 Å². The molecule has 0 amide bonds. The first-order valence-electron chi connectivity index (χ1n) is 5.45. The van der Waals surface area contributed by atoms with Gasteiger partial charge in [0.25, 0.3) is 0 Å². The van der Waals surface area contributed by atoms with Crippen molar-refractivity contribution in [2.24, 2.45) is 0 Å². The highest BCUT2D eigenvalue weighted by molar-refractivity contribution is 5.82. The fourth-order valence-electron chi connectivity index (χ4n) is 1.94. The second-order valence-electron chi connectivity index (χ2n) is 3.88. The van der Waals surface area contributed by atoms with Gasteiger partial charge in [-0.3, -0.25) is 4.79 Å². The minimum Gasteiger partial charge on any atom is -0.508 e. The molecule has 2 rings (SSSR count). The Hall–Kier alpha value is -2.53. The van der Waals surface area contributed by atoms with Crippen LogP contribution in [0.15, 0.2) is 54.6 Å². The van der Waals surface area contributed by atoms with Crippen LogP contribution in [0.3, 0.4) is 0 Å². The van der Waals surface area contributed by atoms with Gasteiger partial charge in [0.05, 0.1) is 0 Å². The fraction of sp³-hybridized carbons (Fsp3) is 0.0625. The number of phenolic OH excluding ortho intramolecular Hbond substituents is 1. The molecule has 0 aliphatic rings. The summed E-state index contributed by atoms with van der Waals surface area (Å²) in [6, 6.07) is 15.4. The summed E-state index contributed by atoms with van der Waals surface area (Å²) in [4.78, 5) is 11.4. The Bertz CT molecular complexity index is 596. The molecule has 1 radical (unpaired) electrons. The maximum Gasteiger partial charge on any atom is 0.227 e. The number of hydrogen-bond donors (Lipinski definition) is 1. The quantitative estimate of drug-likeness (QED) is 0.829. The largest absolute Gasteiger partial charge is 0.508 e. The van der Waals surface area contributed by atoms with Gasteiger partial charge in [-0.15, -0.1) is 6.42 Å². The van der Waals surface area contributed by atoms with E-state index in [1.165, 1.54) is 6.07 Å². The highest BCUT2D eigenvalue weighted by Crippen LogP contribution is 2.35. The van der Waals surface area contributed by atoms with E-state index in [-0.39, 0.29) is 5.75 Å². The molecule has 2 aromatic carbocycles. The summed E-state index contributed by atoms with van der Waals surface area (Å²) >= 11 is 0. The third kappa shape index (κ3) is 1.76. The van der Waals surface area contributed by atoms with Crippen molar-refractivity contribution in [2.45, 2.75) is 5.41 Å². The molecule has 18 heavy (non-hydrogen) atoms. The number of phenols is 1. The topological polar surface area (TPSA) is 37.3 Å². The molecular formula is C16H11O2. The zero-order valence-corrected chi connectivity index (χ0v) is 9.63. The Kier molecular flexibility index (Phi) is 3.16. The first kappa shape index (κ1) is 11.9. The molecule has 0 aliphatic heterocycles. The lowest BCUT2D eigenvalue weighted by Gasteiger charge is -2.23. The van der Waals surface area contributed by atoms with Crippen molar-refractivity contribution in [3.8, 4) is 18.1 Å². The third-order valence-corrected chi connectivity index (χ3v) is 2.88. The normalized spacial score (nSPS) is 13.3. The van der Waals surface area contributed by atoms with Gasteiger partial charge in [0, 0.05) is 5.56 Å². The van der Waals surface area contributed by atoms with E-state index < -0.39 is 5.41 Å². The number of carbonyl (C=O) groups excluding carboxylic acids is 1. The summed E-state index contributed by atoms with van der Waals surface area (Å²) < 4.78 is 0. The first-order chi connectivity index (χ1) is 8.74. The molecule has 1 unspecified atom stereocenters. The van der Waals surface area contributed by atoms with Gasteiger partial charge in [0.2, 0.25) is 6.29 Å². The van der Waals surface area contributed by atoms with Crippen LogP contribution in [0.4, 0.5) is 0 Å². The number of rotatable bonds is 3. The number of hydrogen-bond acceptors (Lipinski definition) is 2. The van der Waals surface area contributed by atoms with Crippen molar-refractivity contribution >= 4 is 6.29 Å². The maximum atomic E-state index is 11.4. The SMILES string of the molecule is C#CC([C]=O)(c1ccccc1)c1ccccc1O. The molecule has 2 aromatic rings. The molecule has 0 heterocycles. The van der Waals surface area contributed by atoms with Gasteiger partial charge in [-0.2, -0.15) is 0 Å². The molecule has 2 nitrogen and oxygen atoms in total. The molecular weight excluding hydrogens is 224 g/mol. The molecule has 0 bridgehead atoms. The van der Waals surface area contributed by atoms with Gasteiger partial charge in [0.1, 0.15) is 5.75 Å². The highest BCUT2D eigenvalue weighted by Gasteiger charge is 2.35. The monoisotopic (exact) mass is 235 g/mol. The Morgan fingerprint density at radius 3 is 2.17 bits per heavy atom. The lowest BCUT2D eigenvalue weighted by Crippen LogP contribution is -2.27. The summed E-state index contributed by atoms with van der Waals surface area (Å²) in [6.45, 7) is 0. The third-order valence-electron chi connectivity index (χ3n) is 2.88. The van der Waals surface area contributed by atoms with Crippen molar-refractivity contribution in [3.05, 3.63) is 65.7 Å². The number of aromatic hydroxyl groups is 1. The summed E-state index contributed by atoms with van der Waals surface area (Å²) in [5, 5.41) is 9.90. The molecule has 87 valence electrons. The predicted molar refractivity (Wildman–Crippen MR) is 69.9 cm³/mol. The Morgan fingerprint density at radius 1 is 1.00 bits per heavy atom. The van der Waals surface area contributed by atoms with E-state index in [1.807, 2.05) is 12.4 Å². The lowest BCUT2D eigenvalue weighted by molar-refractivity contribution is 0.462. The van der Waals surface area contributed by atoms with E-state index in [9.17, 15) is 9.90 Å². The van der Waals surface area contributed by atoms with Crippen LogP contribution in [-0.2, 0) is 10.2 Å². The second kappa shape index (κ2) is 4.77. The smallest absolute Gasteiger partial charge is 0.227 e. The Morgan fingerprint density at radius 2 is 1.61 bits per heavy atom. The fourth-order valence-corrected chi connectivity index (χ4v) is 1.94. The standard InChI is InChI=1S/C16H11O2/c1-2-16(12-17,13-8-4-3-5-9-13)14-10-6-7-11-15(14)18/h1,3-11,18H. The molecule has 0 fully saturated rings. The molecule has 2 heteroatoms. The molecule has 0 saturated carbocycles. The summed E-state index contributed by atoms with van der Waals surface area (Å²) in [5.74, 6) is 2.44. The van der Waals surface area contributed by atoms with Crippen molar-refractivity contribution in [2.75, 3.05) is 0 Å². The van der Waals surface area contributed by atoms with Crippen LogP contribution in [0.1, 0.15) is 11.1 Å². The van der Waals surface area contributed by atoms with Crippen molar-refractivity contribution < 1.29 is 9.90 Å². The van der Waals surface area contributed by atoms with Gasteiger partial charge in [-0.1, -0.05) is 54.5 Å². The van der Waals surface area contributed by atoms with Crippen molar-refractivity contribution in [1.82, 2.24) is 0 Å². The van der Waals surface area contributed by atoms with Gasteiger partial charge in [-0.05, 0) is 11.6 Å². The van der Waals surface area contributed by atoms with Crippen LogP contribution < -0.4 is 0 Å². The summed E-state index contributed by atoms with van der Waals surface area (Å²) in [5.41, 5.74) is -0.384. The van der Waals surface area contributed by atoms with Crippen molar-refractivity contribution in [3.63, 3.8) is 0 Å². The van der Waals surface area contributed by atoms with Gasteiger partial charge in [-0.25, -0.2) is 0 Å². The first-order valence-corrected chi connectivity index (χ1v) is 5.45. The number of terminal acetylenes is 1. The lowest BCUT2D eigenvalue weighted by atomic mass is 9.76. The Balaban J connectivity index is 2.71. The van der Waals surface area contributed by atoms with Crippen LogP contribution in [-0.4, -0.2) is 11.4 Å². The highest BCUT2D eigenvalue weighted by atomic mass is 16.3. The molecule has 1 N–H and O–H groups in total. The predicted octanol–water partition coefficient (Wildman–Crippen LogP) is 2.42. The molecule has 0 aromatic heterocycles. The number of benzene rings is 2. The Labute approximate surface area is 106 Å². The average Bonchev–Trinajstić information content (AvgIpc) is 2.44. The van der Waals surface area contributed by atoms with Crippen LogP contribution in [0.25, 0.3) is 0 Å². The van der Waals surface area contributed by atoms with Crippen molar-refractivity contribution in [1.29, 1.82) is 0 Å². The summed E-state index contributed by atoms with van der Waals surface area (Å²) in [7, 11) is 0. The van der Waals surface area contributed by atoms with Crippen LogP contribution in [0, 0.1) is 12.3 Å². The minimum absolute atomic E-state index is 0.0114. The molecule has 1 atom stereocenters. The van der Waals surface area contributed by atoms with Gasteiger partial charge < -0.3 is 5.11 Å². The minimum atomic E-state index is -1.37. The second-order valence-corrected chi connectivity index (χ2v) is 3.88. The van der Waals surface area contributed by atoms with E-state index in [2.05, 4.69) is 5.92 Å². The van der Waals surface area contributed by atoms with Crippen LogP contribution >= 0.6 is 0 Å².